The molecule has 2 fully saturated rings. The molecule has 1 aromatic rings. The highest BCUT2D eigenvalue weighted by Crippen LogP contribution is 2.25. The first-order valence-corrected chi connectivity index (χ1v) is 11.2. The predicted octanol–water partition coefficient (Wildman–Crippen LogP) is 4.48. The molecule has 0 saturated carbocycles. The molecule has 0 bridgehead atoms. The van der Waals surface area contributed by atoms with Crippen LogP contribution in [-0.2, 0) is 10.2 Å². The Kier molecular flexibility index (Phi) is 7.39. The first-order chi connectivity index (χ1) is 13.4. The Labute approximate surface area is 171 Å². The smallest absolute Gasteiger partial charge is 0.260 e. The highest BCUT2D eigenvalue weighted by molar-refractivity contribution is 5.77. The van der Waals surface area contributed by atoms with Crippen LogP contribution >= 0.6 is 0 Å². The van der Waals surface area contributed by atoms with Gasteiger partial charge in [-0.2, -0.15) is 0 Å². The van der Waals surface area contributed by atoms with Crippen LogP contribution in [-0.4, -0.2) is 55.0 Å². The van der Waals surface area contributed by atoms with Crippen molar-refractivity contribution in [1.82, 2.24) is 9.80 Å². The van der Waals surface area contributed by atoms with Gasteiger partial charge in [0.15, 0.2) is 6.61 Å². The third kappa shape index (κ3) is 6.23. The number of piperidine rings is 2. The lowest BCUT2D eigenvalue weighted by molar-refractivity contribution is -0.134. The Balaban J connectivity index is 1.35. The van der Waals surface area contributed by atoms with E-state index in [0.29, 0.717) is 0 Å². The van der Waals surface area contributed by atoms with Gasteiger partial charge in [0.25, 0.3) is 5.91 Å². The molecule has 0 N–H and O–H groups in total. The van der Waals surface area contributed by atoms with Crippen molar-refractivity contribution in [3.63, 3.8) is 0 Å². The van der Waals surface area contributed by atoms with Gasteiger partial charge in [-0.15, -0.1) is 0 Å². The Morgan fingerprint density at radius 2 is 1.64 bits per heavy atom. The van der Waals surface area contributed by atoms with Gasteiger partial charge in [0, 0.05) is 13.1 Å². The number of carbonyl (C=O) groups is 1. The van der Waals surface area contributed by atoms with Crippen LogP contribution in [0.2, 0.25) is 0 Å². The fourth-order valence-corrected chi connectivity index (χ4v) is 4.31. The summed E-state index contributed by atoms with van der Waals surface area (Å²) < 4.78 is 5.74. The minimum atomic E-state index is 0.120. The molecule has 2 saturated heterocycles. The second kappa shape index (κ2) is 9.78. The van der Waals surface area contributed by atoms with E-state index in [9.17, 15) is 4.79 Å². The minimum absolute atomic E-state index is 0.120. The fourth-order valence-electron chi connectivity index (χ4n) is 4.31. The van der Waals surface area contributed by atoms with Gasteiger partial charge in [0.1, 0.15) is 5.75 Å². The van der Waals surface area contributed by atoms with Gasteiger partial charge in [0.2, 0.25) is 0 Å². The maximum Gasteiger partial charge on any atom is 0.260 e. The van der Waals surface area contributed by atoms with Gasteiger partial charge in [-0.05, 0) is 80.8 Å². The summed E-state index contributed by atoms with van der Waals surface area (Å²) in [6.07, 6.45) is 7.70. The van der Waals surface area contributed by atoms with E-state index in [1.54, 1.807) is 0 Å². The van der Waals surface area contributed by atoms with Gasteiger partial charge in [0.05, 0.1) is 0 Å². The first-order valence-electron chi connectivity index (χ1n) is 11.2. The number of likely N-dealkylation sites (tertiary alicyclic amines) is 2. The molecule has 0 aromatic heterocycles. The summed E-state index contributed by atoms with van der Waals surface area (Å²) in [7, 11) is 0. The number of hydrogen-bond donors (Lipinski definition) is 0. The van der Waals surface area contributed by atoms with Gasteiger partial charge in [-0.3, -0.25) is 4.79 Å². The molecule has 1 amide bonds. The molecule has 28 heavy (non-hydrogen) atoms. The molecule has 4 nitrogen and oxygen atoms in total. The Morgan fingerprint density at radius 1 is 1.00 bits per heavy atom. The van der Waals surface area contributed by atoms with Crippen LogP contribution in [0.15, 0.2) is 24.3 Å². The van der Waals surface area contributed by atoms with Crippen LogP contribution in [0.3, 0.4) is 0 Å². The van der Waals surface area contributed by atoms with E-state index >= 15 is 0 Å². The lowest BCUT2D eigenvalue weighted by atomic mass is 9.87. The molecular formula is C24H38N2O2. The minimum Gasteiger partial charge on any atom is -0.484 e. The van der Waals surface area contributed by atoms with E-state index < -0.39 is 0 Å². The zero-order valence-corrected chi connectivity index (χ0v) is 18.1. The van der Waals surface area contributed by atoms with Crippen molar-refractivity contribution in [1.29, 1.82) is 0 Å². The standard InChI is InChI=1S/C24H38N2O2/c1-24(2,3)21-7-9-22(10-8-21)28-19-23(27)26-17-12-20(13-18-26)11-16-25-14-5-4-6-15-25/h7-10,20H,4-6,11-19H2,1-3H3. The topological polar surface area (TPSA) is 32.8 Å². The number of benzene rings is 1. The molecule has 0 radical (unpaired) electrons. The van der Waals surface area contributed by atoms with Crippen molar-refractivity contribution in [2.24, 2.45) is 5.92 Å². The molecule has 156 valence electrons. The highest BCUT2D eigenvalue weighted by atomic mass is 16.5. The van der Waals surface area contributed by atoms with E-state index in [1.807, 2.05) is 17.0 Å². The van der Waals surface area contributed by atoms with Crippen LogP contribution in [0.1, 0.15) is 64.9 Å². The second-order valence-corrected chi connectivity index (χ2v) is 9.58. The van der Waals surface area contributed by atoms with Gasteiger partial charge >= 0.3 is 0 Å². The predicted molar refractivity (Wildman–Crippen MR) is 115 cm³/mol. The number of ether oxygens (including phenoxy) is 1. The first kappa shape index (κ1) is 21.2. The maximum absolute atomic E-state index is 12.5. The molecule has 0 unspecified atom stereocenters. The monoisotopic (exact) mass is 386 g/mol. The number of hydrogen-bond acceptors (Lipinski definition) is 3. The average molecular weight is 387 g/mol. The largest absolute Gasteiger partial charge is 0.484 e. The molecule has 0 aliphatic carbocycles. The molecule has 3 rings (SSSR count). The quantitative estimate of drug-likeness (QED) is 0.723. The Hall–Kier alpha value is -1.55. The number of rotatable bonds is 6. The lowest BCUT2D eigenvalue weighted by Crippen LogP contribution is -2.41. The van der Waals surface area contributed by atoms with Gasteiger partial charge in [-0.25, -0.2) is 0 Å². The third-order valence-corrected chi connectivity index (χ3v) is 6.35. The van der Waals surface area contributed by atoms with E-state index in [-0.39, 0.29) is 17.9 Å². The summed E-state index contributed by atoms with van der Waals surface area (Å²) in [6.45, 7) is 12.3. The Morgan fingerprint density at radius 3 is 2.25 bits per heavy atom. The van der Waals surface area contributed by atoms with E-state index in [1.165, 1.54) is 50.9 Å². The second-order valence-electron chi connectivity index (χ2n) is 9.58. The summed E-state index contributed by atoms with van der Waals surface area (Å²) in [4.78, 5) is 17.1. The molecule has 2 aliphatic heterocycles. The number of amides is 1. The van der Waals surface area contributed by atoms with Crippen LogP contribution in [0, 0.1) is 5.92 Å². The molecule has 0 spiro atoms. The zero-order valence-electron chi connectivity index (χ0n) is 18.1. The summed E-state index contributed by atoms with van der Waals surface area (Å²) in [5.74, 6) is 1.67. The van der Waals surface area contributed by atoms with E-state index in [0.717, 1.165) is 37.6 Å². The van der Waals surface area contributed by atoms with E-state index in [4.69, 9.17) is 4.74 Å². The summed E-state index contributed by atoms with van der Waals surface area (Å²) in [5.41, 5.74) is 1.41. The fraction of sp³-hybridized carbons (Fsp3) is 0.708. The molecule has 4 heteroatoms. The van der Waals surface area contributed by atoms with Crippen molar-refractivity contribution >= 4 is 5.91 Å². The van der Waals surface area contributed by atoms with Crippen molar-refractivity contribution < 1.29 is 9.53 Å². The molecular weight excluding hydrogens is 348 g/mol. The third-order valence-electron chi connectivity index (χ3n) is 6.35. The van der Waals surface area contributed by atoms with Crippen molar-refractivity contribution in [3.8, 4) is 5.75 Å². The Bertz CT molecular complexity index is 606. The molecule has 1 aromatic carbocycles. The normalized spacial score (nSPS) is 19.6. The molecule has 2 aliphatic rings. The van der Waals surface area contributed by atoms with Crippen LogP contribution < -0.4 is 4.74 Å². The van der Waals surface area contributed by atoms with Crippen molar-refractivity contribution in [3.05, 3.63) is 29.8 Å². The highest BCUT2D eigenvalue weighted by Gasteiger charge is 2.23. The zero-order chi connectivity index (χ0) is 20.0. The number of carbonyl (C=O) groups excluding carboxylic acids is 1. The summed E-state index contributed by atoms with van der Waals surface area (Å²) >= 11 is 0. The van der Waals surface area contributed by atoms with Crippen molar-refractivity contribution in [2.45, 2.75) is 64.7 Å². The SMILES string of the molecule is CC(C)(C)c1ccc(OCC(=O)N2CCC(CCN3CCCCC3)CC2)cc1. The van der Waals surface area contributed by atoms with Crippen molar-refractivity contribution in [2.75, 3.05) is 39.3 Å². The van der Waals surface area contributed by atoms with Gasteiger partial charge < -0.3 is 14.5 Å². The van der Waals surface area contributed by atoms with Crippen LogP contribution in [0.5, 0.6) is 5.75 Å². The van der Waals surface area contributed by atoms with Crippen LogP contribution in [0.25, 0.3) is 0 Å². The van der Waals surface area contributed by atoms with Crippen LogP contribution in [0.4, 0.5) is 0 Å². The summed E-state index contributed by atoms with van der Waals surface area (Å²) in [5, 5.41) is 0. The molecule has 2 heterocycles. The summed E-state index contributed by atoms with van der Waals surface area (Å²) in [6, 6.07) is 8.13. The lowest BCUT2D eigenvalue weighted by Gasteiger charge is -2.34. The molecule has 0 atom stereocenters. The van der Waals surface area contributed by atoms with Gasteiger partial charge in [-0.1, -0.05) is 39.3 Å². The average Bonchev–Trinajstić information content (AvgIpc) is 2.71. The number of nitrogens with zero attached hydrogens (tertiary/aromatic N) is 2. The van der Waals surface area contributed by atoms with E-state index in [2.05, 4.69) is 37.8 Å². The maximum atomic E-state index is 12.5.